The van der Waals surface area contributed by atoms with Gasteiger partial charge in [-0.1, -0.05) is 0 Å². The number of carbonyl (C=O) groups is 1. The van der Waals surface area contributed by atoms with E-state index < -0.39 is 21.8 Å². The van der Waals surface area contributed by atoms with Gasteiger partial charge in [0.1, 0.15) is 16.4 Å². The third-order valence-corrected chi connectivity index (χ3v) is 5.68. The number of hydrogen-bond acceptors (Lipinski definition) is 3. The number of carboxylic acids is 1. The second-order valence-corrected chi connectivity index (χ2v) is 7.29. The average Bonchev–Trinajstić information content (AvgIpc) is 2.89. The van der Waals surface area contributed by atoms with E-state index in [-0.39, 0.29) is 17.1 Å². The Hall–Kier alpha value is -2.35. The zero-order chi connectivity index (χ0) is 16.8. The van der Waals surface area contributed by atoms with Crippen LogP contribution in [-0.4, -0.2) is 30.6 Å². The van der Waals surface area contributed by atoms with Gasteiger partial charge in [0.2, 0.25) is 0 Å². The Labute approximate surface area is 132 Å². The standard InChI is InChI=1S/C15H15FN2O4S/c1-17-9-12(8-14(17)15(19)20)23(21,22)18-6-2-3-10-7-11(16)4-5-13(10)18/h4-5,7-9H,2-3,6H2,1H3,(H,19,20). The molecule has 0 saturated heterocycles. The molecule has 2 aromatic rings. The van der Waals surface area contributed by atoms with E-state index in [9.17, 15) is 17.6 Å². The Morgan fingerprint density at radius 2 is 2.04 bits per heavy atom. The fraction of sp³-hybridized carbons (Fsp3) is 0.267. The smallest absolute Gasteiger partial charge is 0.352 e. The third kappa shape index (κ3) is 2.59. The summed E-state index contributed by atoms with van der Waals surface area (Å²) in [5.74, 6) is -1.61. The molecule has 8 heteroatoms. The summed E-state index contributed by atoms with van der Waals surface area (Å²) in [4.78, 5) is 11.0. The van der Waals surface area contributed by atoms with Gasteiger partial charge >= 0.3 is 5.97 Å². The number of carboxylic acid groups (broad SMARTS) is 1. The van der Waals surface area contributed by atoms with Crippen molar-refractivity contribution >= 4 is 21.7 Å². The van der Waals surface area contributed by atoms with E-state index in [1.165, 1.54) is 40.3 Å². The summed E-state index contributed by atoms with van der Waals surface area (Å²) >= 11 is 0. The molecule has 0 atom stereocenters. The van der Waals surface area contributed by atoms with Crippen molar-refractivity contribution in [1.29, 1.82) is 0 Å². The van der Waals surface area contributed by atoms with Crippen molar-refractivity contribution in [2.45, 2.75) is 17.7 Å². The van der Waals surface area contributed by atoms with Crippen LogP contribution in [0, 0.1) is 5.82 Å². The minimum atomic E-state index is -3.90. The minimum absolute atomic E-state index is 0.0884. The summed E-state index contributed by atoms with van der Waals surface area (Å²) in [6, 6.07) is 5.14. The summed E-state index contributed by atoms with van der Waals surface area (Å²) in [7, 11) is -2.42. The number of anilines is 1. The highest BCUT2D eigenvalue weighted by molar-refractivity contribution is 7.92. The molecule has 1 N–H and O–H groups in total. The molecule has 3 rings (SSSR count). The Kier molecular flexibility index (Phi) is 3.63. The number of benzene rings is 1. The van der Waals surface area contributed by atoms with Gasteiger partial charge in [-0.05, 0) is 42.7 Å². The summed E-state index contributed by atoms with van der Waals surface area (Å²) in [5, 5.41) is 9.07. The van der Waals surface area contributed by atoms with Crippen LogP contribution in [0.1, 0.15) is 22.5 Å². The van der Waals surface area contributed by atoms with Crippen molar-refractivity contribution in [3.8, 4) is 0 Å². The van der Waals surface area contributed by atoms with Crippen LogP contribution in [0.3, 0.4) is 0 Å². The molecule has 6 nitrogen and oxygen atoms in total. The molecule has 0 radical (unpaired) electrons. The van der Waals surface area contributed by atoms with E-state index in [2.05, 4.69) is 0 Å². The van der Waals surface area contributed by atoms with Crippen molar-refractivity contribution < 1.29 is 22.7 Å². The number of fused-ring (bicyclic) bond motifs is 1. The SMILES string of the molecule is Cn1cc(S(=O)(=O)N2CCCc3cc(F)ccc32)cc1C(=O)O. The van der Waals surface area contributed by atoms with Crippen LogP contribution in [-0.2, 0) is 23.5 Å². The highest BCUT2D eigenvalue weighted by Crippen LogP contribution is 2.32. The van der Waals surface area contributed by atoms with Crippen LogP contribution in [0.2, 0.25) is 0 Å². The molecule has 1 aliphatic rings. The lowest BCUT2D eigenvalue weighted by Gasteiger charge is -2.30. The maximum atomic E-state index is 13.3. The van der Waals surface area contributed by atoms with Gasteiger partial charge in [0.05, 0.1) is 5.69 Å². The zero-order valence-electron chi connectivity index (χ0n) is 12.4. The molecule has 0 bridgehead atoms. The number of aryl methyl sites for hydroxylation is 2. The first kappa shape index (κ1) is 15.5. The number of nitrogens with zero attached hydrogens (tertiary/aromatic N) is 2. The molecule has 0 unspecified atom stereocenters. The molecule has 23 heavy (non-hydrogen) atoms. The lowest BCUT2D eigenvalue weighted by molar-refractivity contribution is 0.0686. The number of aromatic nitrogens is 1. The first-order chi connectivity index (χ1) is 10.8. The molecule has 122 valence electrons. The lowest BCUT2D eigenvalue weighted by Crippen LogP contribution is -2.35. The van der Waals surface area contributed by atoms with E-state index in [1.54, 1.807) is 0 Å². The fourth-order valence-electron chi connectivity index (χ4n) is 2.80. The highest BCUT2D eigenvalue weighted by Gasteiger charge is 2.31. The molecule has 1 aromatic heterocycles. The van der Waals surface area contributed by atoms with Gasteiger partial charge in [-0.2, -0.15) is 0 Å². The predicted molar refractivity (Wildman–Crippen MR) is 81.6 cm³/mol. The monoisotopic (exact) mass is 338 g/mol. The van der Waals surface area contributed by atoms with Crippen molar-refractivity contribution in [2.24, 2.45) is 7.05 Å². The van der Waals surface area contributed by atoms with Crippen LogP contribution >= 0.6 is 0 Å². The summed E-state index contributed by atoms with van der Waals surface area (Å²) < 4.78 is 41.5. The Morgan fingerprint density at radius 1 is 1.30 bits per heavy atom. The third-order valence-electron chi connectivity index (χ3n) is 3.90. The quantitative estimate of drug-likeness (QED) is 0.928. The molecule has 1 aliphatic heterocycles. The molecule has 0 fully saturated rings. The van der Waals surface area contributed by atoms with Crippen molar-refractivity contribution in [1.82, 2.24) is 4.57 Å². The molecule has 1 aromatic carbocycles. The number of aromatic carboxylic acids is 1. The maximum absolute atomic E-state index is 13.3. The van der Waals surface area contributed by atoms with Gasteiger partial charge in [-0.15, -0.1) is 0 Å². The van der Waals surface area contributed by atoms with E-state index in [0.717, 1.165) is 6.07 Å². The minimum Gasteiger partial charge on any atom is -0.477 e. The van der Waals surface area contributed by atoms with E-state index >= 15 is 0 Å². The topological polar surface area (TPSA) is 79.6 Å². The molecule has 0 spiro atoms. The summed E-state index contributed by atoms with van der Waals surface area (Å²) in [5.41, 5.74) is 0.965. The van der Waals surface area contributed by atoms with Gasteiger partial charge in [-0.25, -0.2) is 17.6 Å². The Morgan fingerprint density at radius 3 is 2.70 bits per heavy atom. The van der Waals surface area contributed by atoms with Crippen molar-refractivity contribution in [2.75, 3.05) is 10.8 Å². The number of halogens is 1. The van der Waals surface area contributed by atoms with Gasteiger partial charge in [0.25, 0.3) is 10.0 Å². The van der Waals surface area contributed by atoms with Gasteiger partial charge in [0.15, 0.2) is 0 Å². The molecular weight excluding hydrogens is 323 g/mol. The molecule has 0 amide bonds. The van der Waals surface area contributed by atoms with Crippen LogP contribution in [0.25, 0.3) is 0 Å². The predicted octanol–water partition coefficient (Wildman–Crippen LogP) is 2.00. The lowest BCUT2D eigenvalue weighted by atomic mass is 10.0. The van der Waals surface area contributed by atoms with Gasteiger partial charge < -0.3 is 9.67 Å². The maximum Gasteiger partial charge on any atom is 0.352 e. The van der Waals surface area contributed by atoms with Gasteiger partial charge in [-0.3, -0.25) is 4.31 Å². The largest absolute Gasteiger partial charge is 0.477 e. The van der Waals surface area contributed by atoms with Crippen LogP contribution in [0.5, 0.6) is 0 Å². The number of rotatable bonds is 3. The Balaban J connectivity index is 2.08. The Bertz CT molecular complexity index is 889. The highest BCUT2D eigenvalue weighted by atomic mass is 32.2. The summed E-state index contributed by atoms with van der Waals surface area (Å²) in [6.07, 6.45) is 2.46. The summed E-state index contributed by atoms with van der Waals surface area (Å²) in [6.45, 7) is 0.276. The van der Waals surface area contributed by atoms with Crippen molar-refractivity contribution in [3.05, 3.63) is 47.5 Å². The van der Waals surface area contributed by atoms with Crippen LogP contribution in [0.15, 0.2) is 35.4 Å². The first-order valence-electron chi connectivity index (χ1n) is 7.01. The number of sulfonamides is 1. The van der Waals surface area contributed by atoms with E-state index in [0.29, 0.717) is 24.1 Å². The van der Waals surface area contributed by atoms with E-state index in [4.69, 9.17) is 5.11 Å². The fourth-order valence-corrected chi connectivity index (χ4v) is 4.41. The van der Waals surface area contributed by atoms with Crippen LogP contribution < -0.4 is 4.31 Å². The van der Waals surface area contributed by atoms with Gasteiger partial charge in [0, 0.05) is 19.8 Å². The molecular formula is C15H15FN2O4S. The second kappa shape index (κ2) is 5.38. The molecule has 2 heterocycles. The average molecular weight is 338 g/mol. The van der Waals surface area contributed by atoms with E-state index in [1.807, 2.05) is 0 Å². The second-order valence-electron chi connectivity index (χ2n) is 5.43. The zero-order valence-corrected chi connectivity index (χ0v) is 13.2. The molecule has 0 saturated carbocycles. The normalized spacial score (nSPS) is 14.6. The van der Waals surface area contributed by atoms with Crippen LogP contribution in [0.4, 0.5) is 10.1 Å². The van der Waals surface area contributed by atoms with Crippen molar-refractivity contribution in [3.63, 3.8) is 0 Å². The molecule has 0 aliphatic carbocycles. The first-order valence-corrected chi connectivity index (χ1v) is 8.45. The number of hydrogen-bond donors (Lipinski definition) is 1.